The summed E-state index contributed by atoms with van der Waals surface area (Å²) >= 11 is 0. The molecule has 6 heteroatoms. The Hall–Kier alpha value is -3.02. The molecule has 0 aliphatic rings. The number of rotatable bonds is 8. The van der Waals surface area contributed by atoms with Gasteiger partial charge in [-0.2, -0.15) is 0 Å². The van der Waals surface area contributed by atoms with Gasteiger partial charge < -0.3 is 20.5 Å². The number of hydrogen-bond acceptors (Lipinski definition) is 4. The molecule has 0 saturated heterocycles. The van der Waals surface area contributed by atoms with Crippen LogP contribution in [0.25, 0.3) is 0 Å². The quantitative estimate of drug-likeness (QED) is 0.767. The topological polar surface area (TPSA) is 90.7 Å². The summed E-state index contributed by atoms with van der Waals surface area (Å²) < 4.78 is 10.8. The normalized spacial score (nSPS) is 11.4. The number of ether oxygens (including phenoxy) is 2. The third-order valence-electron chi connectivity index (χ3n) is 3.44. The molecular formula is C19H22N2O4. The molecule has 2 aromatic carbocycles. The molecule has 0 aliphatic carbocycles. The number of benzene rings is 2. The van der Waals surface area contributed by atoms with Crippen LogP contribution in [0.4, 0.5) is 0 Å². The summed E-state index contributed by atoms with van der Waals surface area (Å²) in [4.78, 5) is 22.8. The van der Waals surface area contributed by atoms with Crippen LogP contribution in [-0.4, -0.2) is 24.5 Å². The van der Waals surface area contributed by atoms with Crippen LogP contribution in [0.3, 0.4) is 0 Å². The van der Waals surface area contributed by atoms with Gasteiger partial charge in [-0.25, -0.2) is 0 Å². The molecule has 132 valence electrons. The zero-order valence-corrected chi connectivity index (χ0v) is 14.3. The van der Waals surface area contributed by atoms with E-state index in [9.17, 15) is 9.59 Å². The maximum absolute atomic E-state index is 12.1. The second-order valence-electron chi connectivity index (χ2n) is 5.69. The monoisotopic (exact) mass is 342 g/mol. The summed E-state index contributed by atoms with van der Waals surface area (Å²) in [5.74, 6) is 0.484. The molecule has 0 aromatic heterocycles. The van der Waals surface area contributed by atoms with Crippen molar-refractivity contribution in [3.63, 3.8) is 0 Å². The Kier molecular flexibility index (Phi) is 6.39. The number of nitrogens with one attached hydrogen (secondary N) is 1. The minimum atomic E-state index is -0.597. The molecule has 2 amide bonds. The van der Waals surface area contributed by atoms with Gasteiger partial charge >= 0.3 is 0 Å². The lowest BCUT2D eigenvalue weighted by Crippen LogP contribution is -2.35. The predicted octanol–water partition coefficient (Wildman–Crippen LogP) is 1.94. The summed E-state index contributed by atoms with van der Waals surface area (Å²) in [6, 6.07) is 14.6. The highest BCUT2D eigenvalue weighted by Gasteiger charge is 2.14. The van der Waals surface area contributed by atoms with Crippen LogP contribution in [0.2, 0.25) is 0 Å². The van der Waals surface area contributed by atoms with Crippen molar-refractivity contribution in [3.8, 4) is 11.5 Å². The van der Waals surface area contributed by atoms with Gasteiger partial charge in [-0.05, 0) is 49.2 Å². The largest absolute Gasteiger partial charge is 0.484 e. The summed E-state index contributed by atoms with van der Waals surface area (Å²) in [6.45, 7) is 3.88. The number of carbonyl (C=O) groups is 2. The van der Waals surface area contributed by atoms with E-state index in [-0.39, 0.29) is 12.5 Å². The van der Waals surface area contributed by atoms with Crippen LogP contribution < -0.4 is 20.5 Å². The molecule has 0 saturated carbocycles. The molecule has 6 nitrogen and oxygen atoms in total. The van der Waals surface area contributed by atoms with E-state index in [1.165, 1.54) is 0 Å². The molecule has 0 fully saturated rings. The van der Waals surface area contributed by atoms with Crippen LogP contribution in [0, 0.1) is 6.92 Å². The van der Waals surface area contributed by atoms with Crippen molar-refractivity contribution < 1.29 is 19.1 Å². The van der Waals surface area contributed by atoms with Crippen molar-refractivity contribution in [2.24, 2.45) is 5.73 Å². The van der Waals surface area contributed by atoms with Crippen LogP contribution in [0.5, 0.6) is 11.5 Å². The number of primary amides is 1. The van der Waals surface area contributed by atoms with E-state index in [0.717, 1.165) is 11.1 Å². The van der Waals surface area contributed by atoms with Gasteiger partial charge in [-0.3, -0.25) is 9.59 Å². The molecule has 1 atom stereocenters. The summed E-state index contributed by atoms with van der Waals surface area (Å²) in [5, 5.41) is 2.82. The minimum absolute atomic E-state index is 0.163. The number of hydrogen-bond donors (Lipinski definition) is 2. The summed E-state index contributed by atoms with van der Waals surface area (Å²) in [7, 11) is 0. The lowest BCUT2D eigenvalue weighted by molar-refractivity contribution is -0.127. The molecule has 2 rings (SSSR count). The van der Waals surface area contributed by atoms with Gasteiger partial charge in [-0.15, -0.1) is 0 Å². The van der Waals surface area contributed by atoms with Gasteiger partial charge in [0.15, 0.2) is 12.7 Å². The van der Waals surface area contributed by atoms with Crippen LogP contribution in [0.1, 0.15) is 18.1 Å². The molecule has 0 spiro atoms. The highest BCUT2D eigenvalue weighted by atomic mass is 16.5. The molecule has 3 N–H and O–H groups in total. The van der Waals surface area contributed by atoms with Crippen molar-refractivity contribution in [1.29, 1.82) is 0 Å². The van der Waals surface area contributed by atoms with Gasteiger partial charge in [0.2, 0.25) is 0 Å². The fourth-order valence-corrected chi connectivity index (χ4v) is 2.14. The van der Waals surface area contributed by atoms with E-state index >= 15 is 0 Å². The standard InChI is InChI=1S/C19H22N2O4/c1-13-4-3-5-17(10-13)25-14(2)19(23)21-11-15-6-8-16(9-7-15)24-12-18(20)22/h3-10,14H,11-12H2,1-2H3,(H2,20,22)(H,21,23)/t14-/m0/s1. The number of carbonyl (C=O) groups excluding carboxylic acids is 2. The average Bonchev–Trinajstić information content (AvgIpc) is 2.58. The maximum atomic E-state index is 12.1. The van der Waals surface area contributed by atoms with Gasteiger partial charge in [0.25, 0.3) is 11.8 Å². The van der Waals surface area contributed by atoms with Crippen molar-refractivity contribution in [2.75, 3.05) is 6.61 Å². The van der Waals surface area contributed by atoms with Crippen molar-refractivity contribution in [2.45, 2.75) is 26.5 Å². The Morgan fingerprint density at radius 3 is 2.48 bits per heavy atom. The van der Waals surface area contributed by atoms with E-state index in [1.807, 2.05) is 43.3 Å². The van der Waals surface area contributed by atoms with Gasteiger partial charge in [0.05, 0.1) is 0 Å². The first-order valence-electron chi connectivity index (χ1n) is 7.95. The molecule has 0 heterocycles. The molecule has 0 aliphatic heterocycles. The Labute approximate surface area is 146 Å². The molecule has 0 unspecified atom stereocenters. The molecule has 25 heavy (non-hydrogen) atoms. The molecule has 2 aromatic rings. The van der Waals surface area contributed by atoms with Crippen molar-refractivity contribution >= 4 is 11.8 Å². The lowest BCUT2D eigenvalue weighted by Gasteiger charge is -2.15. The van der Waals surface area contributed by atoms with Crippen molar-refractivity contribution in [1.82, 2.24) is 5.32 Å². The van der Waals surface area contributed by atoms with Crippen molar-refractivity contribution in [3.05, 3.63) is 59.7 Å². The third-order valence-corrected chi connectivity index (χ3v) is 3.44. The number of aryl methyl sites for hydroxylation is 1. The van der Waals surface area contributed by atoms with Crippen LogP contribution in [-0.2, 0) is 16.1 Å². The first-order valence-corrected chi connectivity index (χ1v) is 7.95. The zero-order chi connectivity index (χ0) is 18.2. The Morgan fingerprint density at radius 1 is 1.12 bits per heavy atom. The summed E-state index contributed by atoms with van der Waals surface area (Å²) in [6.07, 6.45) is -0.597. The van der Waals surface area contributed by atoms with E-state index in [2.05, 4.69) is 5.32 Å². The highest BCUT2D eigenvalue weighted by molar-refractivity contribution is 5.80. The lowest BCUT2D eigenvalue weighted by atomic mass is 10.2. The first kappa shape index (κ1) is 18.3. The van der Waals surface area contributed by atoms with E-state index < -0.39 is 12.0 Å². The summed E-state index contributed by atoms with van der Waals surface area (Å²) in [5.41, 5.74) is 7.00. The van der Waals surface area contributed by atoms with Gasteiger partial charge in [0.1, 0.15) is 11.5 Å². The van der Waals surface area contributed by atoms with Crippen LogP contribution >= 0.6 is 0 Å². The molecule has 0 radical (unpaired) electrons. The molecule has 0 bridgehead atoms. The van der Waals surface area contributed by atoms with E-state index in [1.54, 1.807) is 19.1 Å². The Bertz CT molecular complexity index is 728. The SMILES string of the molecule is Cc1cccc(O[C@@H](C)C(=O)NCc2ccc(OCC(N)=O)cc2)c1. The molecular weight excluding hydrogens is 320 g/mol. The predicted molar refractivity (Wildman–Crippen MR) is 94.2 cm³/mol. The second kappa shape index (κ2) is 8.73. The average molecular weight is 342 g/mol. The third kappa shape index (κ3) is 6.18. The van der Waals surface area contributed by atoms with E-state index in [4.69, 9.17) is 15.2 Å². The smallest absolute Gasteiger partial charge is 0.261 e. The highest BCUT2D eigenvalue weighted by Crippen LogP contribution is 2.15. The fraction of sp³-hybridized carbons (Fsp3) is 0.263. The maximum Gasteiger partial charge on any atom is 0.261 e. The van der Waals surface area contributed by atoms with Gasteiger partial charge in [-0.1, -0.05) is 24.3 Å². The zero-order valence-electron chi connectivity index (χ0n) is 14.3. The van der Waals surface area contributed by atoms with Gasteiger partial charge in [0, 0.05) is 6.54 Å². The first-order chi connectivity index (χ1) is 11.9. The van der Waals surface area contributed by atoms with Crippen LogP contribution in [0.15, 0.2) is 48.5 Å². The number of nitrogens with two attached hydrogens (primary N) is 1. The Balaban J connectivity index is 1.81. The Morgan fingerprint density at radius 2 is 1.84 bits per heavy atom. The second-order valence-corrected chi connectivity index (χ2v) is 5.69. The fourth-order valence-electron chi connectivity index (χ4n) is 2.14. The number of amides is 2. The minimum Gasteiger partial charge on any atom is -0.484 e. The van der Waals surface area contributed by atoms with E-state index in [0.29, 0.717) is 18.0 Å².